The molecule has 0 spiro atoms. The number of ether oxygens (including phenoxy) is 1. The highest BCUT2D eigenvalue weighted by Gasteiger charge is 2.19. The average molecular weight is 392 g/mol. The summed E-state index contributed by atoms with van der Waals surface area (Å²) in [6.07, 6.45) is 8.49. The summed E-state index contributed by atoms with van der Waals surface area (Å²) < 4.78 is 5.29. The Bertz CT molecular complexity index is 1120. The molecule has 0 aliphatic heterocycles. The largest absolute Gasteiger partial charge is 0.495 e. The van der Waals surface area contributed by atoms with Gasteiger partial charge in [0.15, 0.2) is 0 Å². The summed E-state index contributed by atoms with van der Waals surface area (Å²) in [6, 6.07) is 5.52. The summed E-state index contributed by atoms with van der Waals surface area (Å²) in [5.41, 5.74) is 2.42. The van der Waals surface area contributed by atoms with Crippen molar-refractivity contribution in [2.24, 2.45) is 0 Å². The maximum atomic E-state index is 11.3. The fraction of sp³-hybridized carbons (Fsp3) is 0.105. The van der Waals surface area contributed by atoms with Crippen molar-refractivity contribution in [2.75, 3.05) is 12.4 Å². The lowest BCUT2D eigenvalue weighted by Crippen LogP contribution is -2.07. The van der Waals surface area contributed by atoms with E-state index in [9.17, 15) is 4.79 Å². The van der Waals surface area contributed by atoms with E-state index in [1.807, 2.05) is 12.1 Å². The van der Waals surface area contributed by atoms with Gasteiger partial charge in [-0.15, -0.1) is 11.3 Å². The minimum absolute atomic E-state index is 0.178. The average Bonchev–Trinajstić information content (AvgIpc) is 3.37. The first-order valence-corrected chi connectivity index (χ1v) is 9.19. The van der Waals surface area contributed by atoms with Gasteiger partial charge in [0.1, 0.15) is 22.4 Å². The van der Waals surface area contributed by atoms with Crippen molar-refractivity contribution in [1.29, 1.82) is 0 Å². The van der Waals surface area contributed by atoms with E-state index in [1.165, 1.54) is 18.3 Å². The molecule has 140 valence electrons. The number of nitrogens with zero attached hydrogens (tertiary/aromatic N) is 4. The summed E-state index contributed by atoms with van der Waals surface area (Å²) in [5.74, 6) is 1.67. The van der Waals surface area contributed by atoms with Crippen molar-refractivity contribution in [2.45, 2.75) is 6.92 Å². The van der Waals surface area contributed by atoms with Crippen LogP contribution >= 0.6 is 11.3 Å². The second-order valence-corrected chi connectivity index (χ2v) is 6.86. The predicted molar refractivity (Wildman–Crippen MR) is 107 cm³/mol. The van der Waals surface area contributed by atoms with Crippen LogP contribution in [0, 0.1) is 0 Å². The lowest BCUT2D eigenvalue weighted by molar-refractivity contribution is -0.114. The summed E-state index contributed by atoms with van der Waals surface area (Å²) in [7, 11) is 1.60. The SMILES string of the molecule is COc1cncc(-c2nc(-c3ccnc(NC(C)=O)c3)sc2-c2ncc[nH]2)c1. The Morgan fingerprint density at radius 2 is 2.07 bits per heavy atom. The van der Waals surface area contributed by atoms with E-state index >= 15 is 0 Å². The number of imidazole rings is 1. The second-order valence-electron chi connectivity index (χ2n) is 5.86. The van der Waals surface area contributed by atoms with Crippen LogP contribution in [0.25, 0.3) is 32.5 Å². The molecule has 4 aromatic heterocycles. The lowest BCUT2D eigenvalue weighted by Gasteiger charge is -2.03. The topological polar surface area (TPSA) is 106 Å². The molecule has 0 unspecified atom stereocenters. The molecule has 4 heterocycles. The minimum Gasteiger partial charge on any atom is -0.495 e. The fourth-order valence-corrected chi connectivity index (χ4v) is 3.71. The van der Waals surface area contributed by atoms with Crippen molar-refractivity contribution in [3.05, 3.63) is 49.2 Å². The number of methoxy groups -OCH3 is 1. The predicted octanol–water partition coefficient (Wildman–Crippen LogP) is 3.62. The highest BCUT2D eigenvalue weighted by Crippen LogP contribution is 2.39. The Hall–Kier alpha value is -3.59. The molecule has 9 heteroatoms. The molecular formula is C19H16N6O2S. The standard InChI is InChI=1S/C19H16N6O2S/c1-11(26)24-15-8-12(3-4-21-15)19-25-16(13-7-14(27-2)10-20-9-13)17(28-19)18-22-5-6-23-18/h3-10H,1-2H3,(H,22,23)(H,21,24,26). The van der Waals surface area contributed by atoms with Gasteiger partial charge < -0.3 is 15.0 Å². The third kappa shape index (κ3) is 3.60. The number of thiazole rings is 1. The molecule has 8 nitrogen and oxygen atoms in total. The lowest BCUT2D eigenvalue weighted by atomic mass is 10.1. The number of anilines is 1. The van der Waals surface area contributed by atoms with Crippen LogP contribution in [0.5, 0.6) is 5.75 Å². The number of aromatic nitrogens is 5. The third-order valence-electron chi connectivity index (χ3n) is 3.87. The van der Waals surface area contributed by atoms with Gasteiger partial charge in [-0.05, 0) is 18.2 Å². The van der Waals surface area contributed by atoms with Crippen molar-refractivity contribution in [3.8, 4) is 38.3 Å². The zero-order chi connectivity index (χ0) is 19.5. The van der Waals surface area contributed by atoms with E-state index in [0.29, 0.717) is 11.6 Å². The number of hydrogen-bond acceptors (Lipinski definition) is 7. The van der Waals surface area contributed by atoms with E-state index in [1.54, 1.807) is 44.2 Å². The molecule has 0 aromatic carbocycles. The quantitative estimate of drug-likeness (QED) is 0.537. The first kappa shape index (κ1) is 17.8. The van der Waals surface area contributed by atoms with Gasteiger partial charge in [-0.1, -0.05) is 0 Å². The Kier molecular flexibility index (Phi) is 4.81. The maximum absolute atomic E-state index is 11.3. The van der Waals surface area contributed by atoms with E-state index in [-0.39, 0.29) is 5.91 Å². The van der Waals surface area contributed by atoms with Crippen LogP contribution in [-0.4, -0.2) is 37.9 Å². The van der Waals surface area contributed by atoms with Gasteiger partial charge in [-0.25, -0.2) is 15.0 Å². The summed E-state index contributed by atoms with van der Waals surface area (Å²) in [6.45, 7) is 1.45. The van der Waals surface area contributed by atoms with E-state index in [0.717, 1.165) is 32.5 Å². The van der Waals surface area contributed by atoms with Crippen LogP contribution in [0.2, 0.25) is 0 Å². The van der Waals surface area contributed by atoms with Gasteiger partial charge >= 0.3 is 0 Å². The molecule has 1 amide bonds. The summed E-state index contributed by atoms with van der Waals surface area (Å²) >= 11 is 1.49. The Morgan fingerprint density at radius 1 is 1.18 bits per heavy atom. The number of carbonyl (C=O) groups is 1. The monoisotopic (exact) mass is 392 g/mol. The first-order chi connectivity index (χ1) is 13.6. The van der Waals surface area contributed by atoms with Gasteiger partial charge in [0, 0.05) is 42.8 Å². The van der Waals surface area contributed by atoms with Gasteiger partial charge in [0.05, 0.1) is 23.9 Å². The number of pyridine rings is 2. The molecule has 2 N–H and O–H groups in total. The number of H-pyrrole nitrogens is 1. The Morgan fingerprint density at radius 3 is 2.82 bits per heavy atom. The number of amides is 1. The van der Waals surface area contributed by atoms with Crippen LogP contribution < -0.4 is 10.1 Å². The van der Waals surface area contributed by atoms with Gasteiger partial charge in [-0.2, -0.15) is 0 Å². The van der Waals surface area contributed by atoms with Crippen molar-refractivity contribution in [3.63, 3.8) is 0 Å². The van der Waals surface area contributed by atoms with E-state index in [2.05, 4.69) is 25.3 Å². The molecule has 0 atom stereocenters. The summed E-state index contributed by atoms with van der Waals surface area (Å²) in [5, 5.41) is 3.47. The number of nitrogens with one attached hydrogen (secondary N) is 2. The maximum Gasteiger partial charge on any atom is 0.222 e. The zero-order valence-corrected chi connectivity index (χ0v) is 15.9. The molecule has 4 aromatic rings. The van der Waals surface area contributed by atoms with Crippen molar-refractivity contribution >= 4 is 23.1 Å². The normalized spacial score (nSPS) is 10.6. The fourth-order valence-electron chi connectivity index (χ4n) is 2.66. The number of carbonyl (C=O) groups excluding carboxylic acids is 1. The zero-order valence-electron chi connectivity index (χ0n) is 15.1. The molecule has 0 bridgehead atoms. The van der Waals surface area contributed by atoms with Crippen LogP contribution in [-0.2, 0) is 4.79 Å². The van der Waals surface area contributed by atoms with Gasteiger partial charge in [-0.3, -0.25) is 9.78 Å². The smallest absolute Gasteiger partial charge is 0.222 e. The van der Waals surface area contributed by atoms with Crippen molar-refractivity contribution in [1.82, 2.24) is 24.9 Å². The number of hydrogen-bond donors (Lipinski definition) is 2. The van der Waals surface area contributed by atoms with Crippen LogP contribution in [0.1, 0.15) is 6.92 Å². The molecule has 0 saturated carbocycles. The third-order valence-corrected chi connectivity index (χ3v) is 4.98. The molecule has 0 saturated heterocycles. The van der Waals surface area contributed by atoms with Crippen LogP contribution in [0.15, 0.2) is 49.2 Å². The Balaban J connectivity index is 1.83. The highest BCUT2D eigenvalue weighted by atomic mass is 32.1. The number of rotatable bonds is 5. The van der Waals surface area contributed by atoms with Gasteiger partial charge in [0.2, 0.25) is 5.91 Å². The highest BCUT2D eigenvalue weighted by molar-refractivity contribution is 7.18. The molecule has 0 fully saturated rings. The van der Waals surface area contributed by atoms with E-state index in [4.69, 9.17) is 9.72 Å². The molecule has 4 rings (SSSR count). The second kappa shape index (κ2) is 7.57. The molecule has 0 radical (unpaired) electrons. The molecular weight excluding hydrogens is 376 g/mol. The van der Waals surface area contributed by atoms with Gasteiger partial charge in [0.25, 0.3) is 0 Å². The minimum atomic E-state index is -0.178. The van der Waals surface area contributed by atoms with Crippen molar-refractivity contribution < 1.29 is 9.53 Å². The molecule has 28 heavy (non-hydrogen) atoms. The van der Waals surface area contributed by atoms with E-state index < -0.39 is 0 Å². The molecule has 0 aliphatic rings. The number of aromatic amines is 1. The molecule has 0 aliphatic carbocycles. The van der Waals surface area contributed by atoms with Crippen LogP contribution in [0.3, 0.4) is 0 Å². The Labute approximate surface area is 164 Å². The summed E-state index contributed by atoms with van der Waals surface area (Å²) in [4.78, 5) is 32.9. The first-order valence-electron chi connectivity index (χ1n) is 8.38. The van der Waals surface area contributed by atoms with Crippen LogP contribution in [0.4, 0.5) is 5.82 Å².